The van der Waals surface area contributed by atoms with E-state index >= 15 is 0 Å². The van der Waals surface area contributed by atoms with E-state index in [2.05, 4.69) is 6.07 Å². The molecule has 0 saturated carbocycles. The molecule has 3 rings (SSSR count). The third-order valence-corrected chi connectivity index (χ3v) is 3.35. The van der Waals surface area contributed by atoms with E-state index in [9.17, 15) is 5.26 Å². The largest absolute Gasteiger partial charge is 0.497 e. The Morgan fingerprint density at radius 3 is 2.45 bits per heavy atom. The van der Waals surface area contributed by atoms with Gasteiger partial charge in [0.25, 0.3) is 0 Å². The number of hydrogen-bond donors (Lipinski definition) is 1. The number of hydrogen-bond acceptors (Lipinski definition) is 3. The zero-order valence-corrected chi connectivity index (χ0v) is 11.0. The number of para-hydroxylation sites is 1. The van der Waals surface area contributed by atoms with Gasteiger partial charge in [0.2, 0.25) is 0 Å². The highest BCUT2D eigenvalue weighted by molar-refractivity contribution is 5.93. The molecule has 20 heavy (non-hydrogen) atoms. The van der Waals surface area contributed by atoms with Crippen LogP contribution in [0.3, 0.4) is 0 Å². The Kier molecular flexibility index (Phi) is 2.81. The first kappa shape index (κ1) is 12.1. The van der Waals surface area contributed by atoms with Crippen molar-refractivity contribution in [3.8, 4) is 17.5 Å². The predicted molar refractivity (Wildman–Crippen MR) is 79.0 cm³/mol. The maximum Gasteiger partial charge on any atom is 0.127 e. The molecule has 4 heteroatoms. The number of ether oxygens (including phenoxy) is 1. The van der Waals surface area contributed by atoms with Crippen molar-refractivity contribution in [2.24, 2.45) is 0 Å². The highest BCUT2D eigenvalue weighted by Crippen LogP contribution is 2.31. The lowest BCUT2D eigenvalue weighted by Gasteiger charge is -2.08. The second-order valence-corrected chi connectivity index (χ2v) is 4.42. The fourth-order valence-electron chi connectivity index (χ4n) is 2.39. The number of rotatable bonds is 2. The van der Waals surface area contributed by atoms with Crippen LogP contribution in [0.2, 0.25) is 0 Å². The van der Waals surface area contributed by atoms with Gasteiger partial charge in [0.05, 0.1) is 12.6 Å². The Hall–Kier alpha value is -2.93. The average molecular weight is 263 g/mol. The highest BCUT2D eigenvalue weighted by Gasteiger charge is 2.15. The number of nitriles is 1. The van der Waals surface area contributed by atoms with Crippen LogP contribution in [0.5, 0.6) is 5.75 Å². The minimum absolute atomic E-state index is 0.457. The van der Waals surface area contributed by atoms with Crippen LogP contribution >= 0.6 is 0 Å². The predicted octanol–water partition coefficient (Wildman–Crippen LogP) is 3.09. The van der Waals surface area contributed by atoms with Gasteiger partial charge in [0, 0.05) is 11.1 Å². The zero-order valence-electron chi connectivity index (χ0n) is 11.0. The van der Waals surface area contributed by atoms with Crippen LogP contribution in [-0.2, 0) is 0 Å². The number of nitrogen functional groups attached to an aromatic ring is 1. The van der Waals surface area contributed by atoms with Gasteiger partial charge in [-0.2, -0.15) is 5.26 Å². The van der Waals surface area contributed by atoms with Gasteiger partial charge in [0.15, 0.2) is 0 Å². The van der Waals surface area contributed by atoms with Crippen molar-refractivity contribution in [2.45, 2.75) is 0 Å². The van der Waals surface area contributed by atoms with Gasteiger partial charge in [-0.1, -0.05) is 18.2 Å². The van der Waals surface area contributed by atoms with Gasteiger partial charge in [-0.3, -0.25) is 4.57 Å². The molecule has 0 bridgehead atoms. The average Bonchev–Trinajstić information content (AvgIpc) is 2.79. The summed E-state index contributed by atoms with van der Waals surface area (Å²) < 4.78 is 7.04. The van der Waals surface area contributed by atoms with Crippen LogP contribution < -0.4 is 10.5 Å². The molecular weight excluding hydrogens is 250 g/mol. The molecule has 2 N–H and O–H groups in total. The summed E-state index contributed by atoms with van der Waals surface area (Å²) in [5.74, 6) is 1.24. The van der Waals surface area contributed by atoms with Crippen molar-refractivity contribution in [1.29, 1.82) is 5.26 Å². The second kappa shape index (κ2) is 4.63. The molecule has 0 aliphatic rings. The summed E-state index contributed by atoms with van der Waals surface area (Å²) in [7, 11) is 1.63. The van der Waals surface area contributed by atoms with Crippen LogP contribution in [0.1, 0.15) is 5.56 Å². The Balaban J connectivity index is 2.30. The second-order valence-electron chi connectivity index (χ2n) is 4.42. The maximum absolute atomic E-state index is 9.30. The van der Waals surface area contributed by atoms with Crippen LogP contribution in [-0.4, -0.2) is 11.7 Å². The summed E-state index contributed by atoms with van der Waals surface area (Å²) in [6.07, 6.45) is 0. The van der Waals surface area contributed by atoms with Crippen LogP contribution in [0.25, 0.3) is 16.6 Å². The molecule has 0 aliphatic carbocycles. The van der Waals surface area contributed by atoms with Crippen molar-refractivity contribution in [1.82, 2.24) is 4.57 Å². The minimum Gasteiger partial charge on any atom is -0.497 e. The summed E-state index contributed by atoms with van der Waals surface area (Å²) in [5.41, 5.74) is 8.48. The van der Waals surface area contributed by atoms with E-state index in [1.54, 1.807) is 7.11 Å². The monoisotopic (exact) mass is 263 g/mol. The van der Waals surface area contributed by atoms with Crippen molar-refractivity contribution < 1.29 is 4.74 Å². The highest BCUT2D eigenvalue weighted by atomic mass is 16.5. The summed E-state index contributed by atoms with van der Waals surface area (Å²) >= 11 is 0. The molecule has 0 saturated heterocycles. The van der Waals surface area contributed by atoms with Crippen molar-refractivity contribution in [3.63, 3.8) is 0 Å². The van der Waals surface area contributed by atoms with Gasteiger partial charge in [-0.15, -0.1) is 0 Å². The number of benzene rings is 2. The van der Waals surface area contributed by atoms with Crippen LogP contribution in [0.4, 0.5) is 5.82 Å². The van der Waals surface area contributed by atoms with Crippen molar-refractivity contribution >= 4 is 16.7 Å². The molecule has 4 nitrogen and oxygen atoms in total. The van der Waals surface area contributed by atoms with Gasteiger partial charge in [0.1, 0.15) is 23.2 Å². The molecule has 3 aromatic rings. The van der Waals surface area contributed by atoms with Crippen LogP contribution in [0, 0.1) is 11.3 Å². The fraction of sp³-hybridized carbons (Fsp3) is 0.0625. The SMILES string of the molecule is COc1ccc(-n2c(N)c(C#N)c3ccccc32)cc1. The third-order valence-electron chi connectivity index (χ3n) is 3.35. The van der Waals surface area contributed by atoms with E-state index in [1.165, 1.54) is 0 Å². The van der Waals surface area contributed by atoms with Gasteiger partial charge in [-0.05, 0) is 30.3 Å². The van der Waals surface area contributed by atoms with E-state index in [4.69, 9.17) is 10.5 Å². The topological polar surface area (TPSA) is 64.0 Å². The molecule has 2 aromatic carbocycles. The summed E-state index contributed by atoms with van der Waals surface area (Å²) in [4.78, 5) is 0. The molecule has 98 valence electrons. The molecule has 1 aromatic heterocycles. The van der Waals surface area contributed by atoms with E-state index in [-0.39, 0.29) is 0 Å². The summed E-state index contributed by atoms with van der Waals surface area (Å²) in [5, 5.41) is 10.2. The Morgan fingerprint density at radius 2 is 1.80 bits per heavy atom. The molecule has 0 spiro atoms. The summed E-state index contributed by atoms with van der Waals surface area (Å²) in [6.45, 7) is 0. The number of aromatic nitrogens is 1. The Morgan fingerprint density at radius 1 is 1.10 bits per heavy atom. The van der Waals surface area contributed by atoms with Gasteiger partial charge >= 0.3 is 0 Å². The first-order valence-corrected chi connectivity index (χ1v) is 6.19. The van der Waals surface area contributed by atoms with Gasteiger partial charge < -0.3 is 10.5 Å². The number of methoxy groups -OCH3 is 1. The molecular formula is C16H13N3O. The minimum atomic E-state index is 0.457. The first-order chi connectivity index (χ1) is 9.76. The first-order valence-electron chi connectivity index (χ1n) is 6.19. The molecule has 0 radical (unpaired) electrons. The van der Waals surface area contributed by atoms with Gasteiger partial charge in [-0.25, -0.2) is 0 Å². The molecule has 0 aliphatic heterocycles. The van der Waals surface area contributed by atoms with Crippen molar-refractivity contribution in [3.05, 3.63) is 54.1 Å². The summed E-state index contributed by atoms with van der Waals surface area (Å²) in [6, 6.07) is 17.5. The lowest BCUT2D eigenvalue weighted by molar-refractivity contribution is 0.415. The van der Waals surface area contributed by atoms with E-state index < -0.39 is 0 Å². The Bertz CT molecular complexity index is 810. The van der Waals surface area contributed by atoms with E-state index in [1.807, 2.05) is 53.1 Å². The van der Waals surface area contributed by atoms with E-state index in [0.29, 0.717) is 11.4 Å². The Labute approximate surface area is 116 Å². The lowest BCUT2D eigenvalue weighted by atomic mass is 10.2. The third kappa shape index (κ3) is 1.69. The number of nitrogens with two attached hydrogens (primary N) is 1. The quantitative estimate of drug-likeness (QED) is 0.772. The maximum atomic E-state index is 9.30. The van der Waals surface area contributed by atoms with Crippen LogP contribution in [0.15, 0.2) is 48.5 Å². The molecule has 1 heterocycles. The standard InChI is InChI=1S/C16H13N3O/c1-20-12-8-6-11(7-9-12)19-15-5-3-2-4-13(15)14(10-17)16(19)18/h2-9H,18H2,1H3. The molecule has 0 amide bonds. The normalized spacial score (nSPS) is 10.4. The molecule has 0 fully saturated rings. The van der Waals surface area contributed by atoms with Crippen molar-refractivity contribution in [2.75, 3.05) is 12.8 Å². The van der Waals surface area contributed by atoms with E-state index in [0.717, 1.165) is 22.3 Å². The number of anilines is 1. The molecule has 0 atom stereocenters. The zero-order chi connectivity index (χ0) is 14.1. The number of fused-ring (bicyclic) bond motifs is 1. The lowest BCUT2D eigenvalue weighted by Crippen LogP contribution is -2.00. The number of nitrogens with zero attached hydrogens (tertiary/aromatic N) is 2. The molecule has 0 unspecified atom stereocenters. The fourth-order valence-corrected chi connectivity index (χ4v) is 2.39. The smallest absolute Gasteiger partial charge is 0.127 e.